The second-order valence-electron chi connectivity index (χ2n) is 17.0. The topological polar surface area (TPSA) is 107 Å². The van der Waals surface area contributed by atoms with Gasteiger partial charge >= 0.3 is 0 Å². The van der Waals surface area contributed by atoms with E-state index >= 15 is 0 Å². The van der Waals surface area contributed by atoms with E-state index in [-0.39, 0.29) is 63.9 Å². The maximum atomic E-state index is 9.49. The van der Waals surface area contributed by atoms with Crippen molar-refractivity contribution in [2.45, 2.75) is 167 Å². The van der Waals surface area contributed by atoms with E-state index in [1.807, 2.05) is 0 Å². The predicted molar refractivity (Wildman–Crippen MR) is 179 cm³/mol. The van der Waals surface area contributed by atoms with Gasteiger partial charge in [0.05, 0.1) is 56.4 Å². The number of nitrogens with zero attached hydrogens (tertiary/aromatic N) is 3. The van der Waals surface area contributed by atoms with Gasteiger partial charge < -0.3 is 28.1 Å². The average molecular weight is 650 g/mol. The summed E-state index contributed by atoms with van der Waals surface area (Å²) in [6, 6.07) is -0.263. The summed E-state index contributed by atoms with van der Waals surface area (Å²) in [5, 5.41) is 4.37. The summed E-state index contributed by atoms with van der Waals surface area (Å²) in [6.07, 6.45) is 9.44. The number of ether oxygens (including phenoxy) is 5. The highest BCUT2D eigenvalue weighted by Crippen LogP contribution is 2.72. The van der Waals surface area contributed by atoms with Gasteiger partial charge in [-0.2, -0.15) is 0 Å². The van der Waals surface area contributed by atoms with Crippen LogP contribution in [0.5, 0.6) is 0 Å². The molecule has 2 saturated carbocycles. The first-order valence-electron chi connectivity index (χ1n) is 18.0. The van der Waals surface area contributed by atoms with Crippen LogP contribution in [0.25, 0.3) is 10.4 Å². The van der Waals surface area contributed by atoms with Crippen LogP contribution in [0, 0.1) is 22.7 Å². The van der Waals surface area contributed by atoms with E-state index in [0.717, 1.165) is 71.0 Å². The minimum absolute atomic E-state index is 0.0223. The highest BCUT2D eigenvalue weighted by Gasteiger charge is 2.82. The van der Waals surface area contributed by atoms with Crippen LogP contribution in [-0.4, -0.2) is 83.5 Å². The van der Waals surface area contributed by atoms with Crippen molar-refractivity contribution in [3.8, 4) is 0 Å². The fourth-order valence-electron chi connectivity index (χ4n) is 8.96. The molecule has 258 valence electrons. The summed E-state index contributed by atoms with van der Waals surface area (Å²) in [5.41, 5.74) is 8.83. The molecule has 1 unspecified atom stereocenters. The number of hydrogen-bond acceptors (Lipinski definition) is 7. The monoisotopic (exact) mass is 649 g/mol. The van der Waals surface area contributed by atoms with Gasteiger partial charge in [-0.15, -0.1) is 0 Å². The Labute approximate surface area is 273 Å². The maximum Gasteiger partial charge on any atom is 0.192 e. The van der Waals surface area contributed by atoms with Crippen LogP contribution in [0.15, 0.2) is 5.11 Å². The first kappa shape index (κ1) is 35.6. The lowest BCUT2D eigenvalue weighted by atomic mass is 9.50. The predicted octanol–water partition coefficient (Wildman–Crippen LogP) is 8.22. The van der Waals surface area contributed by atoms with Crippen molar-refractivity contribution >= 4 is 8.32 Å². The molecule has 0 aromatic heterocycles. The Bertz CT molecular complexity index is 1060. The van der Waals surface area contributed by atoms with Crippen LogP contribution >= 0.6 is 0 Å². The van der Waals surface area contributed by atoms with Gasteiger partial charge in [-0.3, -0.25) is 0 Å². The minimum Gasteiger partial charge on any atom is -0.412 e. The Morgan fingerprint density at radius 1 is 0.956 bits per heavy atom. The van der Waals surface area contributed by atoms with E-state index in [0.29, 0.717) is 25.7 Å². The summed E-state index contributed by atoms with van der Waals surface area (Å²) < 4.78 is 40.3. The van der Waals surface area contributed by atoms with Crippen molar-refractivity contribution in [1.82, 2.24) is 0 Å². The molecule has 9 nitrogen and oxygen atoms in total. The zero-order valence-electron chi connectivity index (χ0n) is 29.8. The molecule has 0 N–H and O–H groups in total. The molecular weight excluding hydrogens is 586 g/mol. The molecule has 0 aromatic carbocycles. The molecule has 11 atom stereocenters. The summed E-state index contributed by atoms with van der Waals surface area (Å²) in [5.74, 6) is 0.750. The summed E-state index contributed by atoms with van der Waals surface area (Å²) in [7, 11) is -1.94. The van der Waals surface area contributed by atoms with E-state index in [2.05, 4.69) is 71.6 Å². The van der Waals surface area contributed by atoms with E-state index in [4.69, 9.17) is 28.1 Å². The van der Waals surface area contributed by atoms with E-state index in [1.54, 1.807) is 0 Å². The van der Waals surface area contributed by atoms with Gasteiger partial charge in [0.25, 0.3) is 0 Å². The lowest BCUT2D eigenvalue weighted by Gasteiger charge is -2.60. The Hall–Kier alpha value is -0.713. The molecule has 3 aliphatic heterocycles. The van der Waals surface area contributed by atoms with Crippen LogP contribution in [0.3, 0.4) is 0 Å². The maximum absolute atomic E-state index is 9.49. The van der Waals surface area contributed by atoms with Crippen LogP contribution in [0.1, 0.15) is 106 Å². The standard InChI is InChI=1S/C35H63N3O6Si/c1-24-14-16-34-22-39-21-27(37-38-36)25(2)15-18-40-28(26(3)44-45(8,9)32(4,5)6)13-11-10-12-17-41-29-20-31(43-30(34)19-24)35(23-42-35)33(29,34)7/h24-31H,10-23H2,1-9H3/t24?,25-,26-,27-,28-,29-,30-,31-,33-,34-,35+/m1/s1. The Morgan fingerprint density at radius 2 is 1.71 bits per heavy atom. The number of epoxide rings is 1. The molecule has 3 saturated heterocycles. The van der Waals surface area contributed by atoms with Crippen molar-refractivity contribution in [2.24, 2.45) is 27.8 Å². The third-order valence-corrected chi connectivity index (χ3v) is 17.9. The van der Waals surface area contributed by atoms with Crippen molar-refractivity contribution in [1.29, 1.82) is 0 Å². The average Bonchev–Trinajstić information content (AvgIpc) is 3.74. The fourth-order valence-corrected chi connectivity index (χ4v) is 10.4. The summed E-state index contributed by atoms with van der Waals surface area (Å²) >= 11 is 0. The second-order valence-corrected chi connectivity index (χ2v) is 21.8. The molecular formula is C35H63N3O6Si. The van der Waals surface area contributed by atoms with Gasteiger partial charge in [-0.05, 0) is 80.9 Å². The van der Waals surface area contributed by atoms with Crippen LogP contribution in [0.2, 0.25) is 18.1 Å². The molecule has 2 bridgehead atoms. The van der Waals surface area contributed by atoms with Crippen LogP contribution in [0.4, 0.5) is 0 Å². The molecule has 10 heteroatoms. The third kappa shape index (κ3) is 6.66. The van der Waals surface area contributed by atoms with Gasteiger partial charge in [0.1, 0.15) is 5.60 Å². The van der Waals surface area contributed by atoms with Gasteiger partial charge in [0, 0.05) is 35.4 Å². The lowest BCUT2D eigenvalue weighted by molar-refractivity contribution is -0.260. The van der Waals surface area contributed by atoms with Gasteiger partial charge in [0.2, 0.25) is 0 Å². The van der Waals surface area contributed by atoms with Gasteiger partial charge in [0.15, 0.2) is 8.32 Å². The molecule has 45 heavy (non-hydrogen) atoms. The molecule has 5 fully saturated rings. The van der Waals surface area contributed by atoms with E-state index in [1.165, 1.54) is 0 Å². The molecule has 0 amide bonds. The Morgan fingerprint density at radius 3 is 2.40 bits per heavy atom. The highest BCUT2D eigenvalue weighted by molar-refractivity contribution is 6.74. The first-order chi connectivity index (χ1) is 21.2. The van der Waals surface area contributed by atoms with Crippen LogP contribution in [-0.2, 0) is 28.1 Å². The molecule has 5 aliphatic rings. The lowest BCUT2D eigenvalue weighted by Crippen LogP contribution is -2.67. The quantitative estimate of drug-likeness (QED) is 0.0999. The van der Waals surface area contributed by atoms with E-state index in [9.17, 15) is 5.53 Å². The van der Waals surface area contributed by atoms with Crippen molar-refractivity contribution in [3.63, 3.8) is 0 Å². The first-order valence-corrected chi connectivity index (χ1v) is 20.9. The fraction of sp³-hybridized carbons (Fsp3) is 1.00. The third-order valence-electron chi connectivity index (χ3n) is 13.3. The molecule has 0 radical (unpaired) electrons. The van der Waals surface area contributed by atoms with Crippen molar-refractivity contribution in [3.05, 3.63) is 10.4 Å². The normalized spacial score (nSPS) is 44.2. The van der Waals surface area contributed by atoms with E-state index < -0.39 is 8.32 Å². The summed E-state index contributed by atoms with van der Waals surface area (Å²) in [4.78, 5) is 3.23. The second kappa shape index (κ2) is 13.7. The smallest absolute Gasteiger partial charge is 0.192 e. The Kier molecular flexibility index (Phi) is 10.8. The highest BCUT2D eigenvalue weighted by atomic mass is 28.4. The summed E-state index contributed by atoms with van der Waals surface area (Å²) in [6.45, 7) is 23.7. The zero-order chi connectivity index (χ0) is 32.7. The number of azide groups is 1. The van der Waals surface area contributed by atoms with Crippen molar-refractivity contribution in [2.75, 3.05) is 33.0 Å². The number of hydrogen-bond donors (Lipinski definition) is 0. The zero-order valence-corrected chi connectivity index (χ0v) is 30.8. The largest absolute Gasteiger partial charge is 0.412 e. The molecule has 3 heterocycles. The van der Waals surface area contributed by atoms with Gasteiger partial charge in [-0.1, -0.05) is 59.5 Å². The van der Waals surface area contributed by atoms with Crippen LogP contribution < -0.4 is 0 Å². The molecule has 0 aromatic rings. The minimum atomic E-state index is -1.94. The van der Waals surface area contributed by atoms with Gasteiger partial charge in [-0.25, -0.2) is 0 Å². The Balaban J connectivity index is 1.35. The molecule has 2 spiro atoms. The molecule has 2 aliphatic carbocycles. The number of rotatable bonds is 4. The van der Waals surface area contributed by atoms with Crippen molar-refractivity contribution < 1.29 is 28.1 Å². The SMILES string of the molecule is CC1CC[C@@]23COC[C@@H](N=[N+]=[N-])[C@H](C)CCO[C@@H]([C@@H](C)O[Si](C)(C)C(C)(C)C)CCCCCO[C@@H]4C[C@@H](O[C@@H]2C1)[C@@]1(CO1)[C@]43C. The molecule has 5 rings (SSSR count).